The zero-order chi connectivity index (χ0) is 19.8. The minimum Gasteiger partial charge on any atom is -0.454 e. The molecule has 0 radical (unpaired) electrons. The van der Waals surface area contributed by atoms with Crippen LogP contribution in [-0.2, 0) is 4.74 Å². The van der Waals surface area contributed by atoms with E-state index in [1.165, 1.54) is 11.3 Å². The molecule has 1 aromatic heterocycles. The number of carbonyl (C=O) groups is 1. The van der Waals surface area contributed by atoms with Crippen LogP contribution in [0.15, 0.2) is 53.9 Å². The number of thiazole rings is 1. The minimum atomic E-state index is -0.271. The molecule has 6 nitrogen and oxygen atoms in total. The second kappa shape index (κ2) is 7.50. The van der Waals surface area contributed by atoms with Crippen LogP contribution in [-0.4, -0.2) is 35.7 Å². The van der Waals surface area contributed by atoms with E-state index in [4.69, 9.17) is 14.2 Å². The van der Waals surface area contributed by atoms with E-state index in [0.29, 0.717) is 24.5 Å². The van der Waals surface area contributed by atoms with Gasteiger partial charge in [-0.1, -0.05) is 36.4 Å². The number of carbonyl (C=O) groups excluding carboxylic acids is 1. The molecule has 5 rings (SSSR count). The van der Waals surface area contributed by atoms with Crippen LogP contribution in [0, 0.1) is 6.92 Å². The molecule has 3 heterocycles. The van der Waals surface area contributed by atoms with Gasteiger partial charge < -0.3 is 19.1 Å². The summed E-state index contributed by atoms with van der Waals surface area (Å²) in [5.41, 5.74) is 2.50. The van der Waals surface area contributed by atoms with E-state index >= 15 is 0 Å². The van der Waals surface area contributed by atoms with E-state index in [9.17, 15) is 4.79 Å². The Balaban J connectivity index is 1.46. The Hall–Kier alpha value is -2.90. The van der Waals surface area contributed by atoms with Crippen molar-refractivity contribution in [1.29, 1.82) is 0 Å². The Morgan fingerprint density at radius 2 is 1.79 bits per heavy atom. The van der Waals surface area contributed by atoms with Crippen molar-refractivity contribution in [2.75, 3.05) is 19.9 Å². The van der Waals surface area contributed by atoms with Crippen LogP contribution in [0.5, 0.6) is 11.5 Å². The molecule has 0 N–H and O–H groups in total. The predicted octanol–water partition coefficient (Wildman–Crippen LogP) is 4.14. The quantitative estimate of drug-likeness (QED) is 0.652. The number of hydrogen-bond acceptors (Lipinski definition) is 6. The van der Waals surface area contributed by atoms with Gasteiger partial charge in [-0.25, -0.2) is 4.98 Å². The molecule has 7 heteroatoms. The third kappa shape index (κ3) is 3.59. The van der Waals surface area contributed by atoms with Gasteiger partial charge in [-0.15, -0.1) is 11.3 Å². The van der Waals surface area contributed by atoms with E-state index in [0.717, 1.165) is 21.9 Å². The van der Waals surface area contributed by atoms with Crippen molar-refractivity contribution >= 4 is 17.2 Å². The molecule has 1 amide bonds. The van der Waals surface area contributed by atoms with Crippen molar-refractivity contribution in [3.63, 3.8) is 0 Å². The Labute approximate surface area is 172 Å². The van der Waals surface area contributed by atoms with Gasteiger partial charge in [0.05, 0.1) is 18.1 Å². The molecule has 0 spiro atoms. The van der Waals surface area contributed by atoms with E-state index in [1.807, 2.05) is 65.7 Å². The second-order valence-electron chi connectivity index (χ2n) is 7.10. The predicted molar refractivity (Wildman–Crippen MR) is 108 cm³/mol. The maximum absolute atomic E-state index is 13.1. The Morgan fingerprint density at radius 3 is 2.55 bits per heavy atom. The zero-order valence-corrected chi connectivity index (χ0v) is 16.7. The maximum atomic E-state index is 13.1. The number of morpholine rings is 1. The number of hydrogen-bond donors (Lipinski definition) is 0. The highest BCUT2D eigenvalue weighted by Crippen LogP contribution is 2.38. The van der Waals surface area contributed by atoms with Gasteiger partial charge in [0, 0.05) is 5.38 Å². The standard InChI is InChI=1S/C22H20N2O4S/c1-14-23-17(12-29-14)22(25)24-10-20(15-5-3-2-4-6-15)28-21(11-24)16-7-8-18-19(9-16)27-13-26-18/h2-9,12,20-21H,10-11,13H2,1H3/t20-,21+/m0/s1. The molecule has 0 saturated carbocycles. The van der Waals surface area contributed by atoms with Crippen LogP contribution in [0.4, 0.5) is 0 Å². The summed E-state index contributed by atoms with van der Waals surface area (Å²) in [6.45, 7) is 3.08. The Kier molecular flexibility index (Phi) is 4.69. The van der Waals surface area contributed by atoms with Crippen LogP contribution < -0.4 is 9.47 Å². The third-order valence-corrected chi connectivity index (χ3v) is 5.94. The number of nitrogens with zero attached hydrogens (tertiary/aromatic N) is 2. The maximum Gasteiger partial charge on any atom is 0.273 e. The second-order valence-corrected chi connectivity index (χ2v) is 8.16. The molecule has 0 aliphatic carbocycles. The highest BCUT2D eigenvalue weighted by atomic mass is 32.1. The van der Waals surface area contributed by atoms with Crippen LogP contribution >= 0.6 is 11.3 Å². The molecule has 3 aromatic rings. The summed E-state index contributed by atoms with van der Waals surface area (Å²) in [5, 5.41) is 2.70. The molecule has 2 aliphatic heterocycles. The number of amides is 1. The molecule has 1 fully saturated rings. The van der Waals surface area contributed by atoms with Crippen molar-refractivity contribution in [3.8, 4) is 11.5 Å². The number of aryl methyl sites for hydroxylation is 1. The molecule has 0 unspecified atom stereocenters. The fraction of sp³-hybridized carbons (Fsp3) is 0.273. The number of rotatable bonds is 3. The number of benzene rings is 2. The lowest BCUT2D eigenvalue weighted by Gasteiger charge is -2.38. The largest absolute Gasteiger partial charge is 0.454 e. The van der Waals surface area contributed by atoms with Crippen LogP contribution in [0.2, 0.25) is 0 Å². The average Bonchev–Trinajstić information content (AvgIpc) is 3.41. The zero-order valence-electron chi connectivity index (χ0n) is 15.9. The molecule has 2 aliphatic rings. The van der Waals surface area contributed by atoms with Gasteiger partial charge in [0.15, 0.2) is 11.5 Å². The normalized spacial score (nSPS) is 20.7. The molecule has 2 atom stereocenters. The van der Waals surface area contributed by atoms with Gasteiger partial charge in [0.1, 0.15) is 17.9 Å². The number of aromatic nitrogens is 1. The van der Waals surface area contributed by atoms with Gasteiger partial charge in [-0.05, 0) is 30.2 Å². The monoisotopic (exact) mass is 408 g/mol. The summed E-state index contributed by atoms with van der Waals surface area (Å²) in [6.07, 6.45) is -0.490. The Bertz CT molecular complexity index is 1040. The van der Waals surface area contributed by atoms with Crippen molar-refractivity contribution in [3.05, 3.63) is 75.7 Å². The summed E-state index contributed by atoms with van der Waals surface area (Å²) in [7, 11) is 0. The molecular weight excluding hydrogens is 388 g/mol. The topological polar surface area (TPSA) is 60.9 Å². The van der Waals surface area contributed by atoms with Crippen molar-refractivity contribution in [2.45, 2.75) is 19.1 Å². The molecular formula is C22H20N2O4S. The van der Waals surface area contributed by atoms with Gasteiger partial charge in [0.25, 0.3) is 5.91 Å². The summed E-state index contributed by atoms with van der Waals surface area (Å²) >= 11 is 1.48. The first-order valence-electron chi connectivity index (χ1n) is 9.49. The lowest BCUT2D eigenvalue weighted by atomic mass is 10.0. The summed E-state index contributed by atoms with van der Waals surface area (Å²) in [6, 6.07) is 15.8. The van der Waals surface area contributed by atoms with Gasteiger partial charge >= 0.3 is 0 Å². The van der Waals surface area contributed by atoms with E-state index in [1.54, 1.807) is 0 Å². The van der Waals surface area contributed by atoms with Crippen molar-refractivity contribution in [1.82, 2.24) is 9.88 Å². The Morgan fingerprint density at radius 1 is 1.03 bits per heavy atom. The summed E-state index contributed by atoms with van der Waals surface area (Å²) < 4.78 is 17.4. The highest BCUT2D eigenvalue weighted by molar-refractivity contribution is 7.09. The van der Waals surface area contributed by atoms with Crippen LogP contribution in [0.1, 0.15) is 38.8 Å². The van der Waals surface area contributed by atoms with E-state index in [2.05, 4.69) is 4.98 Å². The smallest absolute Gasteiger partial charge is 0.273 e. The van der Waals surface area contributed by atoms with Gasteiger partial charge in [-0.2, -0.15) is 0 Å². The van der Waals surface area contributed by atoms with E-state index in [-0.39, 0.29) is 24.9 Å². The molecule has 2 aromatic carbocycles. The lowest BCUT2D eigenvalue weighted by molar-refractivity contribution is -0.0798. The first-order chi connectivity index (χ1) is 14.2. The number of fused-ring (bicyclic) bond motifs is 1. The minimum absolute atomic E-state index is 0.0654. The van der Waals surface area contributed by atoms with Crippen molar-refractivity contribution in [2.24, 2.45) is 0 Å². The molecule has 1 saturated heterocycles. The fourth-order valence-corrected chi connectivity index (χ4v) is 4.28. The average molecular weight is 408 g/mol. The van der Waals surface area contributed by atoms with Crippen LogP contribution in [0.25, 0.3) is 0 Å². The SMILES string of the molecule is Cc1nc(C(=O)N2C[C@@H](c3ccccc3)O[C@@H](c3ccc4c(c3)OCO4)C2)cs1. The lowest BCUT2D eigenvalue weighted by Crippen LogP contribution is -2.43. The van der Waals surface area contributed by atoms with E-state index < -0.39 is 0 Å². The first kappa shape index (κ1) is 18.1. The van der Waals surface area contributed by atoms with Crippen LogP contribution in [0.3, 0.4) is 0 Å². The third-order valence-electron chi connectivity index (χ3n) is 5.17. The van der Waals surface area contributed by atoms with Gasteiger partial charge in [0.2, 0.25) is 6.79 Å². The molecule has 148 valence electrons. The molecule has 29 heavy (non-hydrogen) atoms. The summed E-state index contributed by atoms with van der Waals surface area (Å²) in [4.78, 5) is 19.3. The van der Waals surface area contributed by atoms with Crippen molar-refractivity contribution < 1.29 is 19.0 Å². The number of ether oxygens (including phenoxy) is 3. The van der Waals surface area contributed by atoms with Gasteiger partial charge in [-0.3, -0.25) is 4.79 Å². The molecule has 0 bridgehead atoms. The fourth-order valence-electron chi connectivity index (χ4n) is 3.70. The highest BCUT2D eigenvalue weighted by Gasteiger charge is 2.34. The first-order valence-corrected chi connectivity index (χ1v) is 10.4. The summed E-state index contributed by atoms with van der Waals surface area (Å²) in [5.74, 6) is 1.38.